The number of aryl methyl sites for hydroxylation is 1. The predicted octanol–water partition coefficient (Wildman–Crippen LogP) is 0.861. The van der Waals surface area contributed by atoms with Gasteiger partial charge < -0.3 is 15.0 Å². The summed E-state index contributed by atoms with van der Waals surface area (Å²) in [4.78, 5) is 4.33. The number of nitrogens with two attached hydrogens (primary N) is 1. The van der Waals surface area contributed by atoms with Crippen molar-refractivity contribution >= 4 is 0 Å². The predicted molar refractivity (Wildman–Crippen MR) is 58.5 cm³/mol. The van der Waals surface area contributed by atoms with E-state index >= 15 is 0 Å². The number of ether oxygens (including phenoxy) is 1. The highest BCUT2D eigenvalue weighted by Crippen LogP contribution is 2.22. The first-order chi connectivity index (χ1) is 7.20. The molecule has 1 aliphatic heterocycles. The van der Waals surface area contributed by atoms with Crippen molar-refractivity contribution in [3.8, 4) is 0 Å². The van der Waals surface area contributed by atoms with Crippen molar-refractivity contribution in [1.29, 1.82) is 0 Å². The number of hydrogen-bond acceptors (Lipinski definition) is 3. The highest BCUT2D eigenvalue weighted by molar-refractivity contribution is 5.00. The summed E-state index contributed by atoms with van der Waals surface area (Å²) in [5.41, 5.74) is 6.26. The van der Waals surface area contributed by atoms with Crippen LogP contribution < -0.4 is 5.73 Å². The molecular formula is C11H19N3O. The molecule has 15 heavy (non-hydrogen) atoms. The third kappa shape index (κ3) is 2.58. The lowest BCUT2D eigenvalue weighted by Crippen LogP contribution is -2.43. The fourth-order valence-corrected chi connectivity index (χ4v) is 2.09. The summed E-state index contributed by atoms with van der Waals surface area (Å²) in [5, 5.41) is 0. The third-order valence-electron chi connectivity index (χ3n) is 3.14. The first-order valence-corrected chi connectivity index (χ1v) is 5.52. The van der Waals surface area contributed by atoms with E-state index in [2.05, 4.69) is 4.98 Å². The molecule has 1 fully saturated rings. The standard InChI is InChI=1S/C11H19N3O/c1-14-6-5-13-10(14)9-11(12)3-2-7-15-8-4-11/h5-6H,2-4,7-9,12H2,1H3. The van der Waals surface area contributed by atoms with Gasteiger partial charge in [-0.15, -0.1) is 0 Å². The first-order valence-electron chi connectivity index (χ1n) is 5.52. The van der Waals surface area contributed by atoms with Gasteiger partial charge in [0.1, 0.15) is 5.82 Å². The minimum Gasteiger partial charge on any atom is -0.381 e. The Kier molecular flexibility index (Phi) is 3.07. The van der Waals surface area contributed by atoms with Gasteiger partial charge in [-0.05, 0) is 19.3 Å². The first kappa shape index (κ1) is 10.6. The van der Waals surface area contributed by atoms with Crippen LogP contribution in [-0.4, -0.2) is 28.3 Å². The SMILES string of the molecule is Cn1ccnc1CC1(N)CCCOCC1. The normalized spacial score (nSPS) is 27.6. The molecule has 1 atom stereocenters. The van der Waals surface area contributed by atoms with Gasteiger partial charge in [0.2, 0.25) is 0 Å². The molecule has 1 saturated heterocycles. The van der Waals surface area contributed by atoms with E-state index < -0.39 is 0 Å². The van der Waals surface area contributed by atoms with Gasteiger partial charge in [-0.2, -0.15) is 0 Å². The zero-order valence-electron chi connectivity index (χ0n) is 9.28. The van der Waals surface area contributed by atoms with Crippen LogP contribution in [0.1, 0.15) is 25.1 Å². The Hall–Kier alpha value is -0.870. The molecule has 1 aliphatic rings. The van der Waals surface area contributed by atoms with Crippen molar-refractivity contribution in [2.75, 3.05) is 13.2 Å². The van der Waals surface area contributed by atoms with Crippen LogP contribution in [0.4, 0.5) is 0 Å². The van der Waals surface area contributed by atoms with Crippen LogP contribution in [-0.2, 0) is 18.2 Å². The van der Waals surface area contributed by atoms with Gasteiger partial charge in [-0.1, -0.05) is 0 Å². The van der Waals surface area contributed by atoms with Crippen molar-refractivity contribution in [3.05, 3.63) is 18.2 Å². The second-order valence-electron chi connectivity index (χ2n) is 4.46. The maximum atomic E-state index is 6.39. The van der Waals surface area contributed by atoms with Gasteiger partial charge >= 0.3 is 0 Å². The number of rotatable bonds is 2. The summed E-state index contributed by atoms with van der Waals surface area (Å²) < 4.78 is 7.47. The molecule has 4 heteroatoms. The smallest absolute Gasteiger partial charge is 0.110 e. The Morgan fingerprint density at radius 3 is 3.13 bits per heavy atom. The molecule has 2 N–H and O–H groups in total. The van der Waals surface area contributed by atoms with Gasteiger partial charge in [0.05, 0.1) is 0 Å². The van der Waals surface area contributed by atoms with Crippen LogP contribution >= 0.6 is 0 Å². The topological polar surface area (TPSA) is 53.1 Å². The molecule has 0 radical (unpaired) electrons. The quantitative estimate of drug-likeness (QED) is 0.786. The molecule has 2 heterocycles. The average Bonchev–Trinajstić information content (AvgIpc) is 2.48. The van der Waals surface area contributed by atoms with Crippen molar-refractivity contribution in [2.24, 2.45) is 12.8 Å². The summed E-state index contributed by atoms with van der Waals surface area (Å²) in [6.07, 6.45) is 7.65. The fraction of sp³-hybridized carbons (Fsp3) is 0.727. The molecule has 0 aliphatic carbocycles. The lowest BCUT2D eigenvalue weighted by molar-refractivity contribution is 0.139. The molecular weight excluding hydrogens is 190 g/mol. The van der Waals surface area contributed by atoms with Gasteiger partial charge in [0.25, 0.3) is 0 Å². The van der Waals surface area contributed by atoms with Gasteiger partial charge in [0.15, 0.2) is 0 Å². The van der Waals surface area contributed by atoms with E-state index in [0.717, 1.165) is 44.7 Å². The molecule has 0 bridgehead atoms. The van der Waals surface area contributed by atoms with Crippen LogP contribution in [0.25, 0.3) is 0 Å². The van der Waals surface area contributed by atoms with Crippen molar-refractivity contribution in [3.63, 3.8) is 0 Å². The van der Waals surface area contributed by atoms with E-state index in [0.29, 0.717) is 0 Å². The molecule has 0 aromatic carbocycles. The third-order valence-corrected chi connectivity index (χ3v) is 3.14. The Bertz CT molecular complexity index is 313. The van der Waals surface area contributed by atoms with Crippen LogP contribution in [0.2, 0.25) is 0 Å². The zero-order valence-corrected chi connectivity index (χ0v) is 9.28. The van der Waals surface area contributed by atoms with E-state index in [-0.39, 0.29) is 5.54 Å². The van der Waals surface area contributed by atoms with E-state index in [4.69, 9.17) is 10.5 Å². The van der Waals surface area contributed by atoms with Crippen molar-refractivity contribution in [2.45, 2.75) is 31.2 Å². The van der Waals surface area contributed by atoms with Crippen LogP contribution in [0.3, 0.4) is 0 Å². The van der Waals surface area contributed by atoms with Crippen LogP contribution in [0, 0.1) is 0 Å². The van der Waals surface area contributed by atoms with E-state index in [1.165, 1.54) is 0 Å². The van der Waals surface area contributed by atoms with Crippen molar-refractivity contribution < 1.29 is 4.74 Å². The Morgan fingerprint density at radius 1 is 1.53 bits per heavy atom. The molecule has 2 rings (SSSR count). The summed E-state index contributed by atoms with van der Waals surface area (Å²) >= 11 is 0. The Morgan fingerprint density at radius 2 is 2.40 bits per heavy atom. The molecule has 0 spiro atoms. The highest BCUT2D eigenvalue weighted by atomic mass is 16.5. The van der Waals surface area contributed by atoms with Gasteiger partial charge in [0, 0.05) is 44.6 Å². The van der Waals surface area contributed by atoms with Crippen LogP contribution in [0.5, 0.6) is 0 Å². The van der Waals surface area contributed by atoms with Gasteiger partial charge in [-0.3, -0.25) is 0 Å². The second-order valence-corrected chi connectivity index (χ2v) is 4.46. The largest absolute Gasteiger partial charge is 0.381 e. The van der Waals surface area contributed by atoms with Gasteiger partial charge in [-0.25, -0.2) is 4.98 Å². The minimum atomic E-state index is -0.129. The fourth-order valence-electron chi connectivity index (χ4n) is 2.09. The number of hydrogen-bond donors (Lipinski definition) is 1. The zero-order chi connectivity index (χ0) is 10.7. The molecule has 1 aromatic heterocycles. The number of nitrogens with zero attached hydrogens (tertiary/aromatic N) is 2. The second kappa shape index (κ2) is 4.33. The molecule has 0 amide bonds. The summed E-state index contributed by atoms with van der Waals surface area (Å²) in [7, 11) is 2.01. The van der Waals surface area contributed by atoms with E-state index in [1.54, 1.807) is 0 Å². The molecule has 0 saturated carbocycles. The maximum absolute atomic E-state index is 6.39. The highest BCUT2D eigenvalue weighted by Gasteiger charge is 2.28. The van der Waals surface area contributed by atoms with Crippen molar-refractivity contribution in [1.82, 2.24) is 9.55 Å². The molecule has 1 unspecified atom stereocenters. The van der Waals surface area contributed by atoms with E-state index in [1.807, 2.05) is 24.0 Å². The summed E-state index contributed by atoms with van der Waals surface area (Å²) in [6, 6.07) is 0. The Labute approximate surface area is 90.4 Å². The molecule has 84 valence electrons. The Balaban J connectivity index is 2.05. The summed E-state index contributed by atoms with van der Waals surface area (Å²) in [5.74, 6) is 1.07. The van der Waals surface area contributed by atoms with Crippen LogP contribution in [0.15, 0.2) is 12.4 Å². The number of aromatic nitrogens is 2. The summed E-state index contributed by atoms with van der Waals surface area (Å²) in [6.45, 7) is 1.63. The maximum Gasteiger partial charge on any atom is 0.110 e. The van der Waals surface area contributed by atoms with E-state index in [9.17, 15) is 0 Å². The molecule has 1 aromatic rings. The number of imidazole rings is 1. The molecule has 4 nitrogen and oxygen atoms in total. The average molecular weight is 209 g/mol. The lowest BCUT2D eigenvalue weighted by atomic mass is 9.88. The minimum absolute atomic E-state index is 0.129. The monoisotopic (exact) mass is 209 g/mol. The lowest BCUT2D eigenvalue weighted by Gasteiger charge is -2.26.